The Balaban J connectivity index is 1.58. The van der Waals surface area contributed by atoms with Gasteiger partial charge in [0.05, 0.1) is 36.0 Å². The van der Waals surface area contributed by atoms with E-state index in [1.807, 2.05) is 31.1 Å². The molecule has 0 saturated carbocycles. The summed E-state index contributed by atoms with van der Waals surface area (Å²) in [5.41, 5.74) is 6.31. The van der Waals surface area contributed by atoms with E-state index in [1.165, 1.54) is 4.88 Å². The zero-order valence-electron chi connectivity index (χ0n) is 19.2. The van der Waals surface area contributed by atoms with Gasteiger partial charge in [0.2, 0.25) is 5.91 Å². The Labute approximate surface area is 199 Å². The van der Waals surface area contributed by atoms with Crippen molar-refractivity contribution in [2.24, 2.45) is 0 Å². The second kappa shape index (κ2) is 9.22. The highest BCUT2D eigenvalue weighted by atomic mass is 35.5. The van der Waals surface area contributed by atoms with Crippen LogP contribution in [0.4, 0.5) is 5.69 Å². The SMILES string of the molecule is CNc1cccc(-c2cccc(-c3nc4c(s3)CN(C(=O)CN(C)C(C)C)C4)c2C)c1Cl. The summed E-state index contributed by atoms with van der Waals surface area (Å²) in [7, 11) is 3.86. The van der Waals surface area contributed by atoms with E-state index in [0.717, 1.165) is 43.7 Å². The summed E-state index contributed by atoms with van der Waals surface area (Å²) >= 11 is 8.35. The van der Waals surface area contributed by atoms with Crippen LogP contribution in [0.5, 0.6) is 0 Å². The number of rotatable bonds is 6. The van der Waals surface area contributed by atoms with E-state index >= 15 is 0 Å². The zero-order chi connectivity index (χ0) is 23.0. The van der Waals surface area contributed by atoms with Gasteiger partial charge in [0.1, 0.15) is 5.01 Å². The van der Waals surface area contributed by atoms with Gasteiger partial charge in [0, 0.05) is 29.1 Å². The maximum Gasteiger partial charge on any atom is 0.237 e. The Morgan fingerprint density at radius 1 is 1.19 bits per heavy atom. The lowest BCUT2D eigenvalue weighted by atomic mass is 9.96. The second-order valence-corrected chi connectivity index (χ2v) is 10.0. The quantitative estimate of drug-likeness (QED) is 0.506. The molecule has 5 nitrogen and oxygen atoms in total. The number of aromatic nitrogens is 1. The minimum atomic E-state index is 0.158. The molecule has 3 aromatic rings. The number of nitrogens with zero attached hydrogens (tertiary/aromatic N) is 3. The van der Waals surface area contributed by atoms with Gasteiger partial charge >= 0.3 is 0 Å². The van der Waals surface area contributed by atoms with Crippen LogP contribution in [-0.4, -0.2) is 47.4 Å². The van der Waals surface area contributed by atoms with Crippen molar-refractivity contribution < 1.29 is 4.79 Å². The van der Waals surface area contributed by atoms with Crippen LogP contribution in [-0.2, 0) is 17.9 Å². The Bertz CT molecular complexity index is 1130. The number of benzene rings is 2. The van der Waals surface area contributed by atoms with E-state index in [4.69, 9.17) is 16.6 Å². The summed E-state index contributed by atoms with van der Waals surface area (Å²) in [4.78, 5) is 22.7. The molecule has 1 aliphatic rings. The van der Waals surface area contributed by atoms with Crippen molar-refractivity contribution >= 4 is 34.5 Å². The summed E-state index contributed by atoms with van der Waals surface area (Å²) < 4.78 is 0. The van der Waals surface area contributed by atoms with Crippen molar-refractivity contribution in [2.45, 2.75) is 39.9 Å². The number of hydrogen-bond donors (Lipinski definition) is 1. The zero-order valence-corrected chi connectivity index (χ0v) is 20.8. The van der Waals surface area contributed by atoms with Gasteiger partial charge in [0.25, 0.3) is 0 Å². The number of carbonyl (C=O) groups is 1. The summed E-state index contributed by atoms with van der Waals surface area (Å²) in [5.74, 6) is 0.158. The van der Waals surface area contributed by atoms with Crippen molar-refractivity contribution in [1.82, 2.24) is 14.8 Å². The molecule has 0 aliphatic carbocycles. The fourth-order valence-corrected chi connectivity index (χ4v) is 5.41. The predicted octanol–water partition coefficient (Wildman–Crippen LogP) is 5.66. The molecule has 0 unspecified atom stereocenters. The summed E-state index contributed by atoms with van der Waals surface area (Å²) in [6.45, 7) is 7.99. The highest BCUT2D eigenvalue weighted by Gasteiger charge is 2.28. The van der Waals surface area contributed by atoms with Gasteiger partial charge in [0.15, 0.2) is 0 Å². The van der Waals surface area contributed by atoms with E-state index in [0.29, 0.717) is 25.7 Å². The minimum absolute atomic E-state index is 0.158. The third-order valence-corrected chi connectivity index (χ3v) is 7.72. The molecular weight excluding hydrogens is 440 g/mol. The smallest absolute Gasteiger partial charge is 0.237 e. The number of likely N-dealkylation sites (N-methyl/N-ethyl adjacent to an activating group) is 1. The molecule has 2 heterocycles. The molecule has 1 aliphatic heterocycles. The third-order valence-electron chi connectivity index (χ3n) is 6.19. The molecule has 1 N–H and O–H groups in total. The van der Waals surface area contributed by atoms with Gasteiger partial charge < -0.3 is 10.2 Å². The van der Waals surface area contributed by atoms with Gasteiger partial charge in [-0.1, -0.05) is 41.9 Å². The van der Waals surface area contributed by atoms with Gasteiger partial charge in [-0.3, -0.25) is 9.69 Å². The van der Waals surface area contributed by atoms with Crippen molar-refractivity contribution in [3.05, 3.63) is 57.6 Å². The number of anilines is 1. The topological polar surface area (TPSA) is 48.5 Å². The van der Waals surface area contributed by atoms with Crippen LogP contribution in [0.1, 0.15) is 30.0 Å². The molecule has 1 aromatic heterocycles. The third kappa shape index (κ3) is 4.27. The first-order valence-corrected chi connectivity index (χ1v) is 12.0. The molecule has 0 saturated heterocycles. The monoisotopic (exact) mass is 468 g/mol. The highest BCUT2D eigenvalue weighted by Crippen LogP contribution is 2.40. The number of thiazole rings is 1. The predicted molar refractivity (Wildman–Crippen MR) is 134 cm³/mol. The Morgan fingerprint density at radius 2 is 1.88 bits per heavy atom. The van der Waals surface area contributed by atoms with Gasteiger partial charge in [-0.05, 0) is 45.0 Å². The molecule has 0 bridgehead atoms. The van der Waals surface area contributed by atoms with Crippen LogP contribution in [0, 0.1) is 6.92 Å². The van der Waals surface area contributed by atoms with Crippen LogP contribution in [0.2, 0.25) is 5.02 Å². The molecular formula is C25H29ClN4OS. The van der Waals surface area contributed by atoms with Crippen LogP contribution in [0.25, 0.3) is 21.7 Å². The lowest BCUT2D eigenvalue weighted by Crippen LogP contribution is -2.38. The lowest BCUT2D eigenvalue weighted by molar-refractivity contribution is -0.133. The van der Waals surface area contributed by atoms with Crippen LogP contribution < -0.4 is 5.32 Å². The average Bonchev–Trinajstić information content (AvgIpc) is 3.33. The van der Waals surface area contributed by atoms with E-state index in [-0.39, 0.29) is 5.91 Å². The summed E-state index contributed by atoms with van der Waals surface area (Å²) in [6, 6.07) is 12.7. The summed E-state index contributed by atoms with van der Waals surface area (Å²) in [5, 5.41) is 4.87. The van der Waals surface area contributed by atoms with Crippen LogP contribution in [0.3, 0.4) is 0 Å². The second-order valence-electron chi connectivity index (χ2n) is 8.54. The van der Waals surface area contributed by atoms with Gasteiger partial charge in [-0.2, -0.15) is 0 Å². The first-order valence-electron chi connectivity index (χ1n) is 10.8. The van der Waals surface area contributed by atoms with Crippen molar-refractivity contribution in [2.75, 3.05) is 26.0 Å². The van der Waals surface area contributed by atoms with E-state index < -0.39 is 0 Å². The molecule has 32 heavy (non-hydrogen) atoms. The molecule has 0 atom stereocenters. The molecule has 0 radical (unpaired) electrons. The number of nitrogens with one attached hydrogen (secondary N) is 1. The molecule has 168 valence electrons. The molecule has 1 amide bonds. The lowest BCUT2D eigenvalue weighted by Gasteiger charge is -2.23. The Morgan fingerprint density at radius 3 is 2.56 bits per heavy atom. The minimum Gasteiger partial charge on any atom is -0.387 e. The van der Waals surface area contributed by atoms with Gasteiger partial charge in [-0.25, -0.2) is 4.98 Å². The Hall–Kier alpha value is -2.41. The number of carbonyl (C=O) groups excluding carboxylic acids is 1. The number of hydrogen-bond acceptors (Lipinski definition) is 5. The standard InChI is InChI=1S/C25H29ClN4OS/c1-15(2)29(5)14-23(31)30-12-21-22(13-30)32-25(28-21)18-9-6-8-17(16(18)3)19-10-7-11-20(27-4)24(19)26/h6-11,15,27H,12-14H2,1-5H3. The normalized spacial score (nSPS) is 13.2. The molecule has 4 rings (SSSR count). The van der Waals surface area contributed by atoms with E-state index in [2.05, 4.69) is 55.3 Å². The van der Waals surface area contributed by atoms with E-state index in [9.17, 15) is 4.79 Å². The largest absolute Gasteiger partial charge is 0.387 e. The molecule has 0 spiro atoms. The van der Waals surface area contributed by atoms with E-state index in [1.54, 1.807) is 11.3 Å². The maximum atomic E-state index is 12.7. The van der Waals surface area contributed by atoms with Gasteiger partial charge in [-0.15, -0.1) is 11.3 Å². The maximum absolute atomic E-state index is 12.7. The fraction of sp³-hybridized carbons (Fsp3) is 0.360. The van der Waals surface area contributed by atoms with Crippen LogP contribution >= 0.6 is 22.9 Å². The molecule has 0 fully saturated rings. The van der Waals surface area contributed by atoms with Crippen molar-refractivity contribution in [3.63, 3.8) is 0 Å². The van der Waals surface area contributed by atoms with Crippen LogP contribution in [0.15, 0.2) is 36.4 Å². The fourth-order valence-electron chi connectivity index (χ4n) is 3.92. The molecule has 2 aromatic carbocycles. The number of amides is 1. The number of fused-ring (bicyclic) bond motifs is 1. The summed E-state index contributed by atoms with van der Waals surface area (Å²) in [6.07, 6.45) is 0. The Kier molecular flexibility index (Phi) is 6.56. The number of halogens is 1. The highest BCUT2D eigenvalue weighted by molar-refractivity contribution is 7.15. The van der Waals surface area contributed by atoms with Crippen molar-refractivity contribution in [1.29, 1.82) is 0 Å². The first kappa shape index (κ1) is 22.8. The molecule has 7 heteroatoms. The average molecular weight is 469 g/mol. The van der Waals surface area contributed by atoms with Crippen molar-refractivity contribution in [3.8, 4) is 21.7 Å². The first-order chi connectivity index (χ1) is 15.3.